The Morgan fingerprint density at radius 3 is 2.36 bits per heavy atom. The minimum absolute atomic E-state index is 0.200. The van der Waals surface area contributed by atoms with Crippen LogP contribution in [0.5, 0.6) is 0 Å². The monoisotopic (exact) mass is 507 g/mol. The third-order valence-corrected chi connectivity index (χ3v) is 7.02. The Hall–Kier alpha value is -3.00. The Bertz CT molecular complexity index is 1110. The van der Waals surface area contributed by atoms with Gasteiger partial charge in [-0.3, -0.25) is 14.5 Å². The van der Waals surface area contributed by atoms with Crippen molar-refractivity contribution in [2.24, 2.45) is 4.99 Å². The maximum atomic E-state index is 12.7. The van der Waals surface area contributed by atoms with E-state index in [2.05, 4.69) is 26.8 Å². The highest BCUT2D eigenvalue weighted by molar-refractivity contribution is 6.62. The number of aliphatic imine (C=N–C) groups is 1. The molecular weight excluding hydrogens is 478 g/mol. The average Bonchev–Trinajstić information content (AvgIpc) is 3.32. The normalized spacial score (nSPS) is 21.1. The lowest BCUT2D eigenvalue weighted by Gasteiger charge is -2.49. The molecule has 4 heterocycles. The number of rotatable bonds is 7. The summed E-state index contributed by atoms with van der Waals surface area (Å²) in [4.78, 5) is 26.3. The topological polar surface area (TPSA) is 107 Å². The molecule has 0 radical (unpaired) electrons. The third-order valence-electron chi connectivity index (χ3n) is 7.02. The van der Waals surface area contributed by atoms with Crippen molar-refractivity contribution < 1.29 is 27.3 Å². The number of hydrogen-bond acceptors (Lipinski definition) is 8. The van der Waals surface area contributed by atoms with E-state index in [4.69, 9.17) is 9.31 Å². The number of hydrogen-bond donors (Lipinski definition) is 1. The minimum Gasteiger partial charge on any atom is -0.399 e. The number of aromatic nitrogens is 4. The van der Waals surface area contributed by atoms with Crippen LogP contribution < -0.4 is 15.7 Å². The van der Waals surface area contributed by atoms with E-state index in [9.17, 15) is 18.0 Å². The van der Waals surface area contributed by atoms with Gasteiger partial charge in [0.2, 0.25) is 0 Å². The van der Waals surface area contributed by atoms with Gasteiger partial charge in [0.1, 0.15) is 23.1 Å². The highest BCUT2D eigenvalue weighted by Crippen LogP contribution is 2.37. The Morgan fingerprint density at radius 2 is 1.83 bits per heavy atom. The van der Waals surface area contributed by atoms with Crippen LogP contribution in [-0.2, 0) is 14.8 Å². The first-order chi connectivity index (χ1) is 16.7. The van der Waals surface area contributed by atoms with Gasteiger partial charge < -0.3 is 19.5 Å². The summed E-state index contributed by atoms with van der Waals surface area (Å²) in [5, 5.41) is 6.41. The maximum absolute atomic E-state index is 12.7. The third kappa shape index (κ3) is 4.71. The number of anilines is 1. The van der Waals surface area contributed by atoms with Crippen molar-refractivity contribution in [3.8, 4) is 0 Å². The molecule has 2 aromatic rings. The van der Waals surface area contributed by atoms with Crippen LogP contribution >= 0.6 is 0 Å². The molecule has 0 saturated carbocycles. The van der Waals surface area contributed by atoms with E-state index in [0.29, 0.717) is 25.5 Å². The van der Waals surface area contributed by atoms with E-state index in [1.807, 2.05) is 48.8 Å². The molecule has 1 atom stereocenters. The second-order valence-electron chi connectivity index (χ2n) is 10.3. The zero-order valence-electron chi connectivity index (χ0n) is 20.8. The molecule has 1 N–H and O–H groups in total. The number of nitrogens with one attached hydrogen (secondary N) is 1. The summed E-state index contributed by atoms with van der Waals surface area (Å²) in [5.41, 5.74) is -0.837. The van der Waals surface area contributed by atoms with Crippen LogP contribution in [0.3, 0.4) is 0 Å². The Balaban J connectivity index is 1.43. The molecule has 2 fully saturated rings. The van der Waals surface area contributed by atoms with Crippen molar-refractivity contribution >= 4 is 31.0 Å². The van der Waals surface area contributed by atoms with Gasteiger partial charge in [-0.25, -0.2) is 9.97 Å². The van der Waals surface area contributed by atoms with Gasteiger partial charge in [-0.15, -0.1) is 0 Å². The molecular formula is C22H29BF3N7O3. The van der Waals surface area contributed by atoms with E-state index in [1.54, 1.807) is 6.20 Å². The molecule has 0 aliphatic carbocycles. The molecule has 14 heteroatoms. The van der Waals surface area contributed by atoms with Crippen LogP contribution in [0.1, 0.15) is 45.1 Å². The predicted molar refractivity (Wildman–Crippen MR) is 128 cm³/mol. The van der Waals surface area contributed by atoms with Gasteiger partial charge >= 0.3 is 13.3 Å². The fourth-order valence-electron chi connectivity index (χ4n) is 4.00. The number of nitrogens with zero attached hydrogens (tertiary/aromatic N) is 6. The largest absolute Gasteiger partial charge is 0.498 e. The Kier molecular flexibility index (Phi) is 6.40. The van der Waals surface area contributed by atoms with E-state index in [-0.39, 0.29) is 5.69 Å². The molecule has 0 spiro atoms. The number of alkyl halides is 3. The summed E-state index contributed by atoms with van der Waals surface area (Å²) in [7, 11) is -0.543. The first-order valence-corrected chi connectivity index (χ1v) is 11.5. The first kappa shape index (κ1) is 26.1. The second kappa shape index (κ2) is 8.84. The van der Waals surface area contributed by atoms with Crippen molar-refractivity contribution in [1.29, 1.82) is 0 Å². The van der Waals surface area contributed by atoms with Crippen LogP contribution in [0.4, 0.5) is 19.0 Å². The SMILES string of the molecule is C=NCC1(n2cc(B3OC(C)(C)C(C)(C)O3)cn2)CN(c2cnc(C(=O)NC(C)C(F)(F)F)cn2)C1. The summed E-state index contributed by atoms with van der Waals surface area (Å²) in [6.07, 6.45) is 1.56. The number of halogens is 3. The molecule has 2 aliphatic heterocycles. The van der Waals surface area contributed by atoms with Gasteiger partial charge in [-0.2, -0.15) is 18.3 Å². The van der Waals surface area contributed by atoms with Crippen molar-refractivity contribution in [2.75, 3.05) is 24.5 Å². The average molecular weight is 507 g/mol. The first-order valence-electron chi connectivity index (χ1n) is 11.5. The number of carbonyl (C=O) groups is 1. The summed E-state index contributed by atoms with van der Waals surface area (Å²) in [5.74, 6) is -0.465. The fourth-order valence-corrected chi connectivity index (χ4v) is 4.00. The molecule has 36 heavy (non-hydrogen) atoms. The van der Waals surface area contributed by atoms with Gasteiger partial charge in [0.05, 0.1) is 30.1 Å². The maximum Gasteiger partial charge on any atom is 0.498 e. The lowest BCUT2D eigenvalue weighted by Crippen LogP contribution is -2.65. The van der Waals surface area contributed by atoms with Crippen molar-refractivity contribution in [2.45, 2.75) is 63.6 Å². The van der Waals surface area contributed by atoms with Crippen molar-refractivity contribution in [3.63, 3.8) is 0 Å². The standard InChI is InChI=1S/C22H29BF3N7O3/c1-14(22(24,25)26)31-18(34)16-8-29-17(9-28-16)32-12-21(13-32,11-27-6)33-10-15(7-30-33)23-35-19(2,3)20(4,5)36-23/h7-10,14H,6,11-13H2,1-5H3,(H,31,34). The van der Waals surface area contributed by atoms with Gasteiger partial charge in [0.25, 0.3) is 5.91 Å². The Morgan fingerprint density at radius 1 is 1.19 bits per heavy atom. The van der Waals surface area contributed by atoms with Crippen molar-refractivity contribution in [3.05, 3.63) is 30.5 Å². The summed E-state index contributed by atoms with van der Waals surface area (Å²) >= 11 is 0. The van der Waals surface area contributed by atoms with E-state index < -0.39 is 42.0 Å². The molecule has 0 aromatic carbocycles. The Labute approximate surface area is 207 Å². The predicted octanol–water partition coefficient (Wildman–Crippen LogP) is 1.57. The molecule has 2 aromatic heterocycles. The molecule has 2 saturated heterocycles. The molecule has 0 bridgehead atoms. The van der Waals surface area contributed by atoms with Gasteiger partial charge in [0, 0.05) is 30.9 Å². The molecule has 194 valence electrons. The van der Waals surface area contributed by atoms with Crippen LogP contribution in [0, 0.1) is 0 Å². The quantitative estimate of drug-likeness (QED) is 0.448. The zero-order chi connectivity index (χ0) is 26.5. The molecule has 1 amide bonds. The van der Waals surface area contributed by atoms with Gasteiger partial charge in [-0.05, 0) is 41.3 Å². The molecule has 1 unspecified atom stereocenters. The van der Waals surface area contributed by atoms with E-state index >= 15 is 0 Å². The van der Waals surface area contributed by atoms with Crippen LogP contribution in [0.25, 0.3) is 0 Å². The lowest BCUT2D eigenvalue weighted by molar-refractivity contribution is -0.149. The second-order valence-corrected chi connectivity index (χ2v) is 10.3. The molecule has 2 aliphatic rings. The van der Waals surface area contributed by atoms with Crippen LogP contribution in [0.2, 0.25) is 0 Å². The summed E-state index contributed by atoms with van der Waals surface area (Å²) < 4.78 is 52.1. The van der Waals surface area contributed by atoms with Gasteiger partial charge in [-0.1, -0.05) is 0 Å². The zero-order valence-corrected chi connectivity index (χ0v) is 20.8. The number of amides is 1. The van der Waals surface area contributed by atoms with E-state index in [0.717, 1.165) is 18.6 Å². The smallest absolute Gasteiger partial charge is 0.399 e. The fraction of sp³-hybridized carbons (Fsp3) is 0.591. The van der Waals surface area contributed by atoms with Crippen LogP contribution in [-0.4, -0.2) is 82.5 Å². The number of carbonyl (C=O) groups excluding carboxylic acids is 1. The van der Waals surface area contributed by atoms with Crippen LogP contribution in [0.15, 0.2) is 29.8 Å². The molecule has 10 nitrogen and oxygen atoms in total. The summed E-state index contributed by atoms with van der Waals surface area (Å²) in [6.45, 7) is 13.8. The van der Waals surface area contributed by atoms with E-state index in [1.165, 1.54) is 6.20 Å². The lowest BCUT2D eigenvalue weighted by atomic mass is 9.81. The summed E-state index contributed by atoms with van der Waals surface area (Å²) in [6, 6.07) is -2.00. The van der Waals surface area contributed by atoms with Gasteiger partial charge in [0.15, 0.2) is 0 Å². The molecule has 4 rings (SSSR count). The highest BCUT2D eigenvalue weighted by atomic mass is 19.4. The highest BCUT2D eigenvalue weighted by Gasteiger charge is 2.53. The van der Waals surface area contributed by atoms with Crippen molar-refractivity contribution in [1.82, 2.24) is 25.1 Å². The minimum atomic E-state index is -4.54.